The fourth-order valence-electron chi connectivity index (χ4n) is 5.11. The van der Waals surface area contributed by atoms with E-state index in [1.54, 1.807) is 36.4 Å². The molecule has 0 unspecified atom stereocenters. The van der Waals surface area contributed by atoms with Crippen molar-refractivity contribution in [3.63, 3.8) is 0 Å². The molecule has 2 aromatic rings. The lowest BCUT2D eigenvalue weighted by Gasteiger charge is -2.26. The lowest BCUT2D eigenvalue weighted by Crippen LogP contribution is -2.31. The highest BCUT2D eigenvalue weighted by atomic mass is 16.5. The second kappa shape index (κ2) is 14.1. The molecular weight excluding hydrogens is 452 g/mol. The molecule has 4 rings (SSSR count). The van der Waals surface area contributed by atoms with Crippen molar-refractivity contribution >= 4 is 11.6 Å². The van der Waals surface area contributed by atoms with Crippen LogP contribution in [0, 0.1) is 0 Å². The number of ether oxygens (including phenoxy) is 2. The first-order valence-electron chi connectivity index (χ1n) is 13.7. The summed E-state index contributed by atoms with van der Waals surface area (Å²) in [6.45, 7) is 7.66. The first-order valence-corrected chi connectivity index (χ1v) is 13.7. The molecule has 0 amide bonds. The van der Waals surface area contributed by atoms with E-state index in [1.165, 1.54) is 38.5 Å². The van der Waals surface area contributed by atoms with Crippen molar-refractivity contribution in [3.05, 3.63) is 59.7 Å². The summed E-state index contributed by atoms with van der Waals surface area (Å²) in [5.74, 6) is -0.194. The minimum Gasteiger partial charge on any atom is -0.493 e. The van der Waals surface area contributed by atoms with Gasteiger partial charge in [0.15, 0.2) is 0 Å². The molecule has 0 atom stereocenters. The van der Waals surface area contributed by atoms with Gasteiger partial charge in [0.25, 0.3) is 0 Å². The average Bonchev–Trinajstić information content (AvgIpc) is 2.94. The Morgan fingerprint density at radius 1 is 0.583 bits per heavy atom. The zero-order chi connectivity index (χ0) is 25.0. The topological polar surface area (TPSA) is 59.1 Å². The number of carbonyl (C=O) groups is 2. The summed E-state index contributed by atoms with van der Waals surface area (Å²) in [5.41, 5.74) is 0.612. The Kier molecular flexibility index (Phi) is 10.4. The summed E-state index contributed by atoms with van der Waals surface area (Å²) >= 11 is 0. The van der Waals surface area contributed by atoms with Crippen molar-refractivity contribution in [1.82, 2.24) is 9.80 Å². The number of carbonyl (C=O) groups excluding carboxylic acids is 2. The molecule has 2 aliphatic heterocycles. The van der Waals surface area contributed by atoms with E-state index in [-0.39, 0.29) is 0 Å². The van der Waals surface area contributed by atoms with Crippen LogP contribution in [0.25, 0.3) is 0 Å². The first kappa shape index (κ1) is 26.4. The van der Waals surface area contributed by atoms with Crippen LogP contribution in [0.4, 0.5) is 0 Å². The van der Waals surface area contributed by atoms with Crippen LogP contribution in [0.15, 0.2) is 48.5 Å². The molecule has 6 nitrogen and oxygen atoms in total. The maximum atomic E-state index is 13.2. The van der Waals surface area contributed by atoms with Crippen LogP contribution in [0.3, 0.4) is 0 Å². The number of Topliss-reactive ketones (excluding diaryl/α,β-unsaturated/α-hetero) is 2. The van der Waals surface area contributed by atoms with Gasteiger partial charge < -0.3 is 19.3 Å². The molecule has 2 fully saturated rings. The second-order valence-electron chi connectivity index (χ2n) is 9.86. The van der Waals surface area contributed by atoms with E-state index < -0.39 is 11.6 Å². The Morgan fingerprint density at radius 2 is 0.972 bits per heavy atom. The number of benzene rings is 2. The van der Waals surface area contributed by atoms with E-state index in [9.17, 15) is 9.59 Å². The van der Waals surface area contributed by atoms with E-state index in [0.29, 0.717) is 35.8 Å². The van der Waals surface area contributed by atoms with Gasteiger partial charge in [0, 0.05) is 13.1 Å². The zero-order valence-corrected chi connectivity index (χ0v) is 21.5. The largest absolute Gasteiger partial charge is 0.493 e. The number of piperidine rings is 2. The van der Waals surface area contributed by atoms with Gasteiger partial charge in [0.05, 0.1) is 24.3 Å². The summed E-state index contributed by atoms with van der Waals surface area (Å²) in [7, 11) is 0. The lowest BCUT2D eigenvalue weighted by atomic mass is 10.00. The van der Waals surface area contributed by atoms with Crippen LogP contribution in [0.5, 0.6) is 11.5 Å². The quantitative estimate of drug-likeness (QED) is 0.216. The molecule has 2 saturated heterocycles. The molecule has 6 heteroatoms. The Balaban J connectivity index is 1.31. The van der Waals surface area contributed by atoms with Crippen molar-refractivity contribution in [1.29, 1.82) is 0 Å². The molecule has 2 aliphatic rings. The number of hydrogen-bond donors (Lipinski definition) is 0. The van der Waals surface area contributed by atoms with E-state index >= 15 is 0 Å². The smallest absolute Gasteiger partial charge is 0.237 e. The fourth-order valence-corrected chi connectivity index (χ4v) is 5.11. The van der Waals surface area contributed by atoms with Gasteiger partial charge in [-0.1, -0.05) is 37.1 Å². The summed E-state index contributed by atoms with van der Waals surface area (Å²) < 4.78 is 11.9. The van der Waals surface area contributed by atoms with Crippen LogP contribution in [-0.4, -0.2) is 73.8 Å². The maximum absolute atomic E-state index is 13.2. The molecule has 2 heterocycles. The third-order valence-corrected chi connectivity index (χ3v) is 7.12. The molecule has 194 valence electrons. The van der Waals surface area contributed by atoms with Crippen LogP contribution in [0.1, 0.15) is 72.1 Å². The van der Waals surface area contributed by atoms with Crippen molar-refractivity contribution in [2.75, 3.05) is 52.5 Å². The van der Waals surface area contributed by atoms with E-state index in [2.05, 4.69) is 9.80 Å². The summed E-state index contributed by atoms with van der Waals surface area (Å²) in [4.78, 5) is 31.4. The molecule has 0 radical (unpaired) electrons. The third-order valence-electron chi connectivity index (χ3n) is 7.12. The van der Waals surface area contributed by atoms with Gasteiger partial charge in [-0.3, -0.25) is 9.59 Å². The van der Waals surface area contributed by atoms with Gasteiger partial charge in [0.1, 0.15) is 11.5 Å². The third kappa shape index (κ3) is 7.65. The Labute approximate surface area is 215 Å². The molecule has 0 spiro atoms. The van der Waals surface area contributed by atoms with Crippen molar-refractivity contribution in [2.24, 2.45) is 0 Å². The molecule has 0 N–H and O–H groups in total. The monoisotopic (exact) mass is 492 g/mol. The number of rotatable bonds is 13. The predicted molar refractivity (Wildman–Crippen MR) is 142 cm³/mol. The minimum atomic E-state index is -0.564. The highest BCUT2D eigenvalue weighted by molar-refractivity contribution is 6.50. The Morgan fingerprint density at radius 3 is 1.39 bits per heavy atom. The molecule has 0 saturated carbocycles. The van der Waals surface area contributed by atoms with Crippen LogP contribution < -0.4 is 9.47 Å². The second-order valence-corrected chi connectivity index (χ2v) is 9.86. The lowest BCUT2D eigenvalue weighted by molar-refractivity contribution is 0.0811. The molecule has 36 heavy (non-hydrogen) atoms. The van der Waals surface area contributed by atoms with Gasteiger partial charge in [0.2, 0.25) is 11.6 Å². The maximum Gasteiger partial charge on any atom is 0.237 e. The zero-order valence-electron chi connectivity index (χ0n) is 21.5. The predicted octanol–water partition coefficient (Wildman–Crippen LogP) is 5.26. The van der Waals surface area contributed by atoms with Crippen LogP contribution >= 0.6 is 0 Å². The van der Waals surface area contributed by atoms with Crippen LogP contribution in [0.2, 0.25) is 0 Å². The average molecular weight is 493 g/mol. The highest BCUT2D eigenvalue weighted by Gasteiger charge is 2.24. The van der Waals surface area contributed by atoms with Gasteiger partial charge >= 0.3 is 0 Å². The normalized spacial score (nSPS) is 17.0. The van der Waals surface area contributed by atoms with Gasteiger partial charge in [-0.2, -0.15) is 0 Å². The summed E-state index contributed by atoms with van der Waals surface area (Å²) in [6.07, 6.45) is 9.50. The number of ketones is 2. The fraction of sp³-hybridized carbons (Fsp3) is 0.533. The molecular formula is C30H40N2O4. The first-order chi connectivity index (χ1) is 17.7. The van der Waals surface area contributed by atoms with Crippen molar-refractivity contribution in [3.8, 4) is 11.5 Å². The highest BCUT2D eigenvalue weighted by Crippen LogP contribution is 2.25. The Bertz CT molecular complexity index is 901. The van der Waals surface area contributed by atoms with E-state index in [1.807, 2.05) is 12.1 Å². The van der Waals surface area contributed by atoms with Gasteiger partial charge in [-0.05, 0) is 89.0 Å². The molecule has 0 aromatic heterocycles. The van der Waals surface area contributed by atoms with Gasteiger partial charge in [-0.15, -0.1) is 0 Å². The van der Waals surface area contributed by atoms with Crippen molar-refractivity contribution < 1.29 is 19.1 Å². The number of nitrogens with zero attached hydrogens (tertiary/aromatic N) is 2. The minimum absolute atomic E-state index is 0.306. The summed E-state index contributed by atoms with van der Waals surface area (Å²) in [5, 5.41) is 0. The van der Waals surface area contributed by atoms with Gasteiger partial charge in [-0.25, -0.2) is 0 Å². The number of likely N-dealkylation sites (tertiary alicyclic amines) is 2. The number of para-hydroxylation sites is 2. The Hall–Kier alpha value is -2.70. The standard InChI is InChI=1S/C30H40N2O4/c33-29(25-13-3-5-15-27(25)35-23-11-21-31-17-7-1-8-18-31)30(34)26-14-4-6-16-28(26)36-24-12-22-32-19-9-2-10-20-32/h3-6,13-16H,1-2,7-12,17-24H2. The molecule has 2 aromatic carbocycles. The SMILES string of the molecule is O=C(C(=O)c1ccccc1OCCCN1CCCCC1)c1ccccc1OCCCN1CCCCC1. The molecule has 0 bridgehead atoms. The summed E-state index contributed by atoms with van der Waals surface area (Å²) in [6, 6.07) is 14.1. The van der Waals surface area contributed by atoms with Crippen LogP contribution in [-0.2, 0) is 0 Å². The van der Waals surface area contributed by atoms with E-state index in [4.69, 9.17) is 9.47 Å². The van der Waals surface area contributed by atoms with Crippen molar-refractivity contribution in [2.45, 2.75) is 51.4 Å². The number of hydrogen-bond acceptors (Lipinski definition) is 6. The van der Waals surface area contributed by atoms with E-state index in [0.717, 1.165) is 52.1 Å². The molecule has 0 aliphatic carbocycles.